The number of methoxy groups -OCH3 is 1. The molecule has 0 fully saturated rings. The van der Waals surface area contributed by atoms with E-state index in [2.05, 4.69) is 27.1 Å². The molecule has 0 atom stereocenters. The second-order valence-electron chi connectivity index (χ2n) is 5.14. The summed E-state index contributed by atoms with van der Waals surface area (Å²) in [7, 11) is 1.67. The van der Waals surface area contributed by atoms with Crippen molar-refractivity contribution in [1.29, 1.82) is 0 Å². The number of H-pyrrole nitrogens is 2. The van der Waals surface area contributed by atoms with E-state index < -0.39 is 0 Å². The van der Waals surface area contributed by atoms with Crippen LogP contribution in [0.2, 0.25) is 0 Å². The molecule has 0 aliphatic carbocycles. The Kier molecular flexibility index (Phi) is 2.93. The minimum absolute atomic E-state index is 0.802. The highest BCUT2D eigenvalue weighted by molar-refractivity contribution is 5.76. The zero-order chi connectivity index (χ0) is 14.9. The minimum atomic E-state index is 0.802. The third kappa shape index (κ3) is 2.15. The second kappa shape index (κ2) is 5.07. The highest BCUT2D eigenvalue weighted by atomic mass is 16.5. The van der Waals surface area contributed by atoms with Crippen LogP contribution in [-0.4, -0.2) is 17.1 Å². The summed E-state index contributed by atoms with van der Waals surface area (Å²) in [6.07, 6.45) is 6.00. The maximum Gasteiger partial charge on any atom is 0.144 e. The molecule has 1 aromatic carbocycles. The summed E-state index contributed by atoms with van der Waals surface area (Å²) in [6, 6.07) is 14.1. The van der Waals surface area contributed by atoms with E-state index >= 15 is 0 Å². The van der Waals surface area contributed by atoms with Crippen LogP contribution in [0.15, 0.2) is 53.7 Å². The van der Waals surface area contributed by atoms with Gasteiger partial charge in [0.05, 0.1) is 28.9 Å². The Balaban J connectivity index is 1.94. The topological polar surface area (TPSA) is 53.2 Å². The molecule has 4 nitrogen and oxygen atoms in total. The number of benzene rings is 1. The predicted molar refractivity (Wildman–Crippen MR) is 86.1 cm³/mol. The first-order valence-electron chi connectivity index (χ1n) is 7.11. The van der Waals surface area contributed by atoms with Crippen molar-refractivity contribution in [2.75, 3.05) is 7.11 Å². The van der Waals surface area contributed by atoms with Gasteiger partial charge in [-0.05, 0) is 30.4 Å². The zero-order valence-corrected chi connectivity index (χ0v) is 12.1. The van der Waals surface area contributed by atoms with Gasteiger partial charge >= 0.3 is 0 Å². The summed E-state index contributed by atoms with van der Waals surface area (Å²) in [4.78, 5) is 11.2. The number of rotatable bonds is 2. The van der Waals surface area contributed by atoms with E-state index in [9.17, 15) is 0 Å². The third-order valence-corrected chi connectivity index (χ3v) is 3.70. The highest BCUT2D eigenvalue weighted by Crippen LogP contribution is 2.04. The molecule has 3 aromatic rings. The van der Waals surface area contributed by atoms with Crippen LogP contribution in [0.5, 0.6) is 5.75 Å². The first-order valence-corrected chi connectivity index (χ1v) is 7.11. The van der Waals surface area contributed by atoms with Gasteiger partial charge in [0.1, 0.15) is 5.75 Å². The maximum absolute atomic E-state index is 5.47. The maximum atomic E-state index is 5.47. The molecule has 22 heavy (non-hydrogen) atoms. The van der Waals surface area contributed by atoms with E-state index in [0.29, 0.717) is 0 Å². The fourth-order valence-corrected chi connectivity index (χ4v) is 2.61. The van der Waals surface area contributed by atoms with Crippen molar-refractivity contribution < 1.29 is 4.74 Å². The first kappa shape index (κ1) is 12.7. The van der Waals surface area contributed by atoms with Gasteiger partial charge in [0, 0.05) is 23.2 Å². The van der Waals surface area contributed by atoms with Crippen LogP contribution in [0.1, 0.15) is 5.69 Å². The molecule has 2 N–H and O–H groups in total. The van der Waals surface area contributed by atoms with Gasteiger partial charge in [0.2, 0.25) is 0 Å². The SMILES string of the molecule is COc1cc(=C2C=c3ccccc3=N2)[nH]/c1=C\c1ccc[nH]1. The molecule has 4 rings (SSSR count). The van der Waals surface area contributed by atoms with Gasteiger partial charge in [-0.15, -0.1) is 0 Å². The number of ether oxygens (including phenoxy) is 1. The quantitative estimate of drug-likeness (QED) is 0.705. The van der Waals surface area contributed by atoms with Crippen molar-refractivity contribution in [3.8, 4) is 5.75 Å². The van der Waals surface area contributed by atoms with Crippen LogP contribution in [0.3, 0.4) is 0 Å². The lowest BCUT2D eigenvalue weighted by Crippen LogP contribution is -2.19. The van der Waals surface area contributed by atoms with Crippen molar-refractivity contribution in [3.63, 3.8) is 0 Å². The molecule has 3 heterocycles. The van der Waals surface area contributed by atoms with E-state index in [4.69, 9.17) is 4.74 Å². The largest absolute Gasteiger partial charge is 0.494 e. The highest BCUT2D eigenvalue weighted by Gasteiger charge is 2.05. The van der Waals surface area contributed by atoms with Crippen molar-refractivity contribution in [3.05, 3.63) is 75.6 Å². The number of nitrogens with one attached hydrogen (secondary N) is 2. The average molecular weight is 289 g/mol. The first-order chi connectivity index (χ1) is 10.8. The van der Waals surface area contributed by atoms with Gasteiger partial charge in [0.25, 0.3) is 0 Å². The van der Waals surface area contributed by atoms with Gasteiger partial charge in [-0.2, -0.15) is 0 Å². The van der Waals surface area contributed by atoms with Crippen molar-refractivity contribution in [2.45, 2.75) is 0 Å². The van der Waals surface area contributed by atoms with Crippen LogP contribution < -0.4 is 26.0 Å². The fraction of sp³-hybridized carbons (Fsp3) is 0.0556. The third-order valence-electron chi connectivity index (χ3n) is 3.70. The molecular formula is C18H15N3O. The van der Waals surface area contributed by atoms with Gasteiger partial charge in [0.15, 0.2) is 0 Å². The van der Waals surface area contributed by atoms with E-state index in [1.54, 1.807) is 7.11 Å². The molecule has 0 radical (unpaired) electrons. The number of para-hydroxylation sites is 1. The van der Waals surface area contributed by atoms with Crippen LogP contribution in [0.25, 0.3) is 17.8 Å². The van der Waals surface area contributed by atoms with E-state index in [-0.39, 0.29) is 0 Å². The molecule has 4 heteroatoms. The summed E-state index contributed by atoms with van der Waals surface area (Å²) in [5.41, 5.74) is 1.94. The number of aromatic amines is 2. The van der Waals surface area contributed by atoms with Gasteiger partial charge in [-0.1, -0.05) is 18.2 Å². The smallest absolute Gasteiger partial charge is 0.144 e. The summed E-state index contributed by atoms with van der Waals surface area (Å²) in [5, 5.41) is 4.01. The molecular weight excluding hydrogens is 274 g/mol. The second-order valence-corrected chi connectivity index (χ2v) is 5.14. The van der Waals surface area contributed by atoms with Crippen molar-refractivity contribution in [1.82, 2.24) is 9.97 Å². The Hall–Kier alpha value is -3.01. The number of nitrogens with zero attached hydrogens (tertiary/aromatic N) is 1. The Morgan fingerprint density at radius 2 is 2.05 bits per heavy atom. The fourth-order valence-electron chi connectivity index (χ4n) is 2.61. The lowest BCUT2D eigenvalue weighted by Gasteiger charge is -1.92. The van der Waals surface area contributed by atoms with Crippen molar-refractivity contribution in [2.24, 2.45) is 4.99 Å². The molecule has 0 saturated carbocycles. The Bertz CT molecular complexity index is 1020. The molecule has 0 unspecified atom stereocenters. The summed E-state index contributed by atoms with van der Waals surface area (Å²) in [5.74, 6) is 0.802. The molecule has 0 bridgehead atoms. The van der Waals surface area contributed by atoms with Crippen LogP contribution in [0.4, 0.5) is 0 Å². The van der Waals surface area contributed by atoms with Crippen LogP contribution >= 0.6 is 0 Å². The average Bonchev–Trinajstić information content (AvgIpc) is 3.26. The molecule has 1 aliphatic rings. The van der Waals surface area contributed by atoms with Gasteiger partial charge in [-0.3, -0.25) is 0 Å². The van der Waals surface area contributed by atoms with E-state index in [1.807, 2.05) is 48.7 Å². The predicted octanol–water partition coefficient (Wildman–Crippen LogP) is 0.402. The molecule has 0 spiro atoms. The Morgan fingerprint density at radius 1 is 1.14 bits per heavy atom. The molecule has 0 amide bonds. The molecule has 2 aromatic heterocycles. The molecule has 0 saturated heterocycles. The summed E-state index contributed by atoms with van der Waals surface area (Å²) >= 11 is 0. The lowest BCUT2D eigenvalue weighted by molar-refractivity contribution is 0.412. The Morgan fingerprint density at radius 3 is 2.82 bits per heavy atom. The van der Waals surface area contributed by atoms with E-state index in [1.165, 1.54) is 0 Å². The van der Waals surface area contributed by atoms with E-state index in [0.717, 1.165) is 38.4 Å². The minimum Gasteiger partial charge on any atom is -0.494 e. The summed E-state index contributed by atoms with van der Waals surface area (Å²) < 4.78 is 5.47. The summed E-state index contributed by atoms with van der Waals surface area (Å²) in [6.45, 7) is 0. The number of aromatic nitrogens is 2. The zero-order valence-electron chi connectivity index (χ0n) is 12.1. The standard InChI is InChI=1S/C18H15N3O/c1-22-18-11-16(21-17(18)10-13-6-4-8-19-13)15-9-12-5-2-3-7-14(12)20-15/h2-11,19,21H,1H3/b16-15?,17-10-. The lowest BCUT2D eigenvalue weighted by atomic mass is 10.3. The number of hydrogen-bond donors (Lipinski definition) is 2. The molecule has 1 aliphatic heterocycles. The van der Waals surface area contributed by atoms with Gasteiger partial charge < -0.3 is 14.7 Å². The monoisotopic (exact) mass is 289 g/mol. The van der Waals surface area contributed by atoms with Crippen molar-refractivity contribution >= 4 is 17.8 Å². The number of hydrogen-bond acceptors (Lipinski definition) is 2. The number of fused-ring (bicyclic) bond motifs is 1. The van der Waals surface area contributed by atoms with Crippen LogP contribution in [-0.2, 0) is 0 Å². The normalized spacial score (nSPS) is 16.1. The Labute approximate surface area is 126 Å². The van der Waals surface area contributed by atoms with Crippen LogP contribution in [0, 0.1) is 0 Å². The molecule has 108 valence electrons. The van der Waals surface area contributed by atoms with Gasteiger partial charge in [-0.25, -0.2) is 4.99 Å².